The maximum absolute atomic E-state index is 2.48. The fourth-order valence-corrected chi connectivity index (χ4v) is 19.9. The van der Waals surface area contributed by atoms with Crippen LogP contribution < -0.4 is 4.57 Å². The Labute approximate surface area is 670 Å². The molecule has 0 radical (unpaired) electrons. The second-order valence-electron chi connectivity index (χ2n) is 31.2. The summed E-state index contributed by atoms with van der Waals surface area (Å²) in [6, 6.07) is 155. The quantitative estimate of drug-likeness (QED) is 0.0908. The van der Waals surface area contributed by atoms with Gasteiger partial charge in [0.15, 0.2) is 12.4 Å². The topological polar surface area (TPSA) is 18.7 Å². The van der Waals surface area contributed by atoms with Crippen molar-refractivity contribution < 1.29 is 4.57 Å². The molecule has 23 aromatic rings. The molecule has 0 aliphatic heterocycles. The van der Waals surface area contributed by atoms with Gasteiger partial charge in [-0.05, 0) is 266 Å². The molecule has 1 aliphatic carbocycles. The molecule has 0 amide bonds. The van der Waals surface area contributed by atoms with Gasteiger partial charge in [0.05, 0.1) is 33.1 Å². The summed E-state index contributed by atoms with van der Waals surface area (Å²) in [5, 5.41) is 16.9. The highest BCUT2D eigenvalue weighted by atomic mass is 15.0. The summed E-state index contributed by atoms with van der Waals surface area (Å²) < 4.78 is 9.59. The lowest BCUT2D eigenvalue weighted by Crippen LogP contribution is -2.38. The van der Waals surface area contributed by atoms with Gasteiger partial charge in [-0.15, -0.1) is 0 Å². The lowest BCUT2D eigenvalue weighted by atomic mass is 9.80. The molecule has 0 spiro atoms. The highest BCUT2D eigenvalue weighted by Gasteiger charge is 2.36. The fraction of sp³-hybridized carbons (Fsp3) is 0.00893. The zero-order chi connectivity index (χ0) is 76.1. The van der Waals surface area contributed by atoms with Crippen molar-refractivity contribution in [1.82, 2.24) is 13.7 Å². The van der Waals surface area contributed by atoms with Crippen LogP contribution in [-0.2, 0) is 0 Å². The highest BCUT2D eigenvalue weighted by molar-refractivity contribution is 6.30. The summed E-state index contributed by atoms with van der Waals surface area (Å²) in [6.07, 6.45) is 4.40. The molecular formula is C112H71N4+. The zero-order valence-corrected chi connectivity index (χ0v) is 63.3. The van der Waals surface area contributed by atoms with E-state index in [1.807, 2.05) is 0 Å². The molecular weight excluding hydrogens is 1400 g/mol. The third-order valence-corrected chi connectivity index (χ3v) is 24.9. The van der Waals surface area contributed by atoms with E-state index in [1.165, 1.54) is 159 Å². The van der Waals surface area contributed by atoms with Crippen LogP contribution >= 0.6 is 0 Å². The zero-order valence-electron chi connectivity index (χ0n) is 63.3. The van der Waals surface area contributed by atoms with Crippen LogP contribution in [0.1, 0.15) is 17.2 Å². The van der Waals surface area contributed by atoms with Gasteiger partial charge >= 0.3 is 0 Å². The maximum Gasteiger partial charge on any atom is 0.210 e. The lowest BCUT2D eigenvalue weighted by molar-refractivity contribution is -0.704. The van der Waals surface area contributed by atoms with E-state index in [9.17, 15) is 0 Å². The Morgan fingerprint density at radius 2 is 0.431 bits per heavy atom. The van der Waals surface area contributed by atoms with Crippen molar-refractivity contribution in [1.29, 1.82) is 0 Å². The van der Waals surface area contributed by atoms with Gasteiger partial charge in [-0.3, -0.25) is 0 Å². The molecule has 4 nitrogen and oxygen atoms in total. The molecule has 4 heteroatoms. The van der Waals surface area contributed by atoms with Gasteiger partial charge in [-0.25, -0.2) is 0 Å². The Morgan fingerprint density at radius 3 is 0.802 bits per heavy atom. The van der Waals surface area contributed by atoms with Crippen LogP contribution in [0.3, 0.4) is 0 Å². The monoisotopic (exact) mass is 1470 g/mol. The van der Waals surface area contributed by atoms with Gasteiger partial charge in [0, 0.05) is 72.6 Å². The Bertz CT molecular complexity index is 7710. The minimum absolute atomic E-state index is 0.0606. The number of fused-ring (bicyclic) bond motifs is 16. The first kappa shape index (κ1) is 65.5. The molecule has 0 N–H and O–H groups in total. The largest absolute Gasteiger partial charge is 0.309 e. The van der Waals surface area contributed by atoms with Gasteiger partial charge in [-0.2, -0.15) is 4.57 Å². The summed E-state index contributed by atoms with van der Waals surface area (Å²) in [5.74, 6) is 0. The molecule has 4 heterocycles. The number of rotatable bonds is 11. The van der Waals surface area contributed by atoms with Crippen molar-refractivity contribution in [3.05, 3.63) is 436 Å². The Hall–Kier alpha value is -15.2. The number of hydrogen-bond donors (Lipinski definition) is 0. The van der Waals surface area contributed by atoms with E-state index in [-0.39, 0.29) is 6.04 Å². The van der Waals surface area contributed by atoms with Crippen molar-refractivity contribution in [2.45, 2.75) is 6.04 Å². The second kappa shape index (κ2) is 26.2. The first-order chi connectivity index (χ1) is 57.6. The molecule has 0 saturated carbocycles. The maximum atomic E-state index is 2.48. The summed E-state index contributed by atoms with van der Waals surface area (Å²) in [7, 11) is 0. The SMILES string of the molecule is c1ccc(-n2c3ccccc3c3cc(-c4cc(-c5ccc6c(c5)-c5ccccc5C6[n+]5ccccc5)cc(-c5c6ccccc6c(-c6c7ccccc7c(-c7cc(-c8ccc9c(c8)c8ccccc8n9-c8ccccc8)cc(-c8ccc9c(c8)c8ccccc8n9-c8ccccc8)c7)c7ccccc67)c6ccccc56)c4)ccc32)cc1. The van der Waals surface area contributed by atoms with Crippen LogP contribution in [0.2, 0.25) is 0 Å². The van der Waals surface area contributed by atoms with Crippen molar-refractivity contribution in [2.75, 3.05) is 0 Å². The van der Waals surface area contributed by atoms with E-state index in [4.69, 9.17) is 0 Å². The Balaban J connectivity index is 0.727. The molecule has 24 rings (SSSR count). The van der Waals surface area contributed by atoms with Crippen molar-refractivity contribution in [2.24, 2.45) is 0 Å². The van der Waals surface area contributed by atoms with Crippen molar-refractivity contribution in [3.8, 4) is 106 Å². The van der Waals surface area contributed by atoms with Gasteiger partial charge in [0.1, 0.15) is 0 Å². The number of para-hydroxylation sites is 6. The summed E-state index contributed by atoms with van der Waals surface area (Å²) >= 11 is 0. The van der Waals surface area contributed by atoms with E-state index >= 15 is 0 Å². The van der Waals surface area contributed by atoms with Crippen LogP contribution in [0.25, 0.3) is 215 Å². The first-order valence-electron chi connectivity index (χ1n) is 40.2. The van der Waals surface area contributed by atoms with Crippen LogP contribution in [0.4, 0.5) is 0 Å². The summed E-state index contributed by atoms with van der Waals surface area (Å²) in [5.41, 5.74) is 32.1. The molecule has 1 aliphatic rings. The number of hydrogen-bond acceptors (Lipinski definition) is 0. The standard InChI is InChI=1S/C112H71N4/c1-5-29-81(30-6-1)114-102-48-24-21-36-85(102)99-68-72(52-56-105(99)114)76-61-75(71-51-55-97-98(67-71)84-35-11-20-47-96(84)112(97)113-59-27-4-28-60-113)63-79(64-76)108-88-39-12-16-43-92(88)110(93-44-17-13-40-89(93)108)111-94-45-18-14-41-90(94)109(91-42-15-19-46-95(91)111)80-65-77(73-53-57-106-100(69-73)86-37-22-25-49-103(86)115(106)82-31-7-2-8-32-82)62-78(66-80)74-54-58-107-101(70-74)87-38-23-26-50-104(87)116(107)83-33-9-3-10-34-83/h1-70,112H/q+1. The van der Waals surface area contributed by atoms with Crippen molar-refractivity contribution in [3.63, 3.8) is 0 Å². The number of aromatic nitrogens is 4. The number of nitrogens with zero attached hydrogens (tertiary/aromatic N) is 4. The molecule has 0 fully saturated rings. The van der Waals surface area contributed by atoms with E-state index in [1.54, 1.807) is 0 Å². The van der Waals surface area contributed by atoms with Crippen LogP contribution in [0, 0.1) is 0 Å². The highest BCUT2D eigenvalue weighted by Crippen LogP contribution is 2.53. The number of pyridine rings is 1. The predicted octanol–water partition coefficient (Wildman–Crippen LogP) is 29.2. The molecule has 0 bridgehead atoms. The van der Waals surface area contributed by atoms with Crippen LogP contribution in [0.15, 0.2) is 425 Å². The molecule has 538 valence electrons. The van der Waals surface area contributed by atoms with Crippen LogP contribution in [0.5, 0.6) is 0 Å². The molecule has 1 atom stereocenters. The van der Waals surface area contributed by atoms with Crippen LogP contribution in [-0.4, -0.2) is 13.7 Å². The molecule has 1 unspecified atom stereocenters. The van der Waals surface area contributed by atoms with Crippen molar-refractivity contribution >= 4 is 109 Å². The predicted molar refractivity (Wildman–Crippen MR) is 487 cm³/mol. The third-order valence-electron chi connectivity index (χ3n) is 24.9. The average molecular weight is 1470 g/mol. The van der Waals surface area contributed by atoms with E-state index in [0.717, 1.165) is 67.1 Å². The van der Waals surface area contributed by atoms with Gasteiger partial charge in [0.2, 0.25) is 6.04 Å². The first-order valence-corrected chi connectivity index (χ1v) is 40.2. The normalized spacial score (nSPS) is 12.7. The summed E-state index contributed by atoms with van der Waals surface area (Å²) in [4.78, 5) is 0. The lowest BCUT2D eigenvalue weighted by Gasteiger charge is -2.23. The Morgan fingerprint density at radius 1 is 0.164 bits per heavy atom. The third kappa shape index (κ3) is 10.2. The molecule has 4 aromatic heterocycles. The van der Waals surface area contributed by atoms with E-state index < -0.39 is 0 Å². The minimum atomic E-state index is 0.0606. The Kier molecular flexibility index (Phi) is 14.8. The molecule has 116 heavy (non-hydrogen) atoms. The molecule has 19 aromatic carbocycles. The van der Waals surface area contributed by atoms with E-state index in [2.05, 4.69) is 443 Å². The van der Waals surface area contributed by atoms with Gasteiger partial charge in [-0.1, -0.05) is 267 Å². The fourth-order valence-electron chi connectivity index (χ4n) is 19.9. The smallest absolute Gasteiger partial charge is 0.210 e. The van der Waals surface area contributed by atoms with Gasteiger partial charge in [0.25, 0.3) is 0 Å². The number of benzene rings is 19. The van der Waals surface area contributed by atoms with Gasteiger partial charge < -0.3 is 13.7 Å². The average Bonchev–Trinajstić information content (AvgIpc) is 0.999. The minimum Gasteiger partial charge on any atom is -0.309 e. The second-order valence-corrected chi connectivity index (χ2v) is 31.2. The molecule has 0 saturated heterocycles. The van der Waals surface area contributed by atoms with E-state index in [0.29, 0.717) is 0 Å². The summed E-state index contributed by atoms with van der Waals surface area (Å²) in [6.45, 7) is 0.